The van der Waals surface area contributed by atoms with Gasteiger partial charge in [0.05, 0.1) is 0 Å². The molecular weight excluding hydrogens is 184 g/mol. The Bertz CT molecular complexity index is 260. The van der Waals surface area contributed by atoms with Gasteiger partial charge in [-0.1, -0.05) is 25.3 Å². The molecule has 0 aromatic carbocycles. The summed E-state index contributed by atoms with van der Waals surface area (Å²) in [4.78, 5) is 2.46. The third kappa shape index (κ3) is 3.24. The van der Waals surface area contributed by atoms with Gasteiger partial charge in [-0.05, 0) is 44.8 Å². The lowest BCUT2D eigenvalue weighted by Crippen LogP contribution is -2.35. The second-order valence-electron chi connectivity index (χ2n) is 4.11. The highest BCUT2D eigenvalue weighted by Gasteiger charge is 2.23. The molecule has 1 aliphatic rings. The van der Waals surface area contributed by atoms with Crippen molar-refractivity contribution in [1.29, 1.82) is 0 Å². The van der Waals surface area contributed by atoms with Crippen LogP contribution in [0.3, 0.4) is 0 Å². The number of likely N-dealkylation sites (tertiary alicyclic amines) is 1. The summed E-state index contributed by atoms with van der Waals surface area (Å²) in [6, 6.07) is 0.348. The van der Waals surface area contributed by atoms with E-state index in [1.165, 1.54) is 12.8 Å². The molecule has 15 heavy (non-hydrogen) atoms. The molecule has 0 aromatic rings. The molecule has 2 heteroatoms. The predicted octanol–water partition coefficient (Wildman–Crippen LogP) is 2.45. The van der Waals surface area contributed by atoms with Crippen LogP contribution in [-0.2, 0) is 0 Å². The molecule has 0 saturated carbocycles. The van der Waals surface area contributed by atoms with Crippen LogP contribution >= 0.6 is 0 Å². The Morgan fingerprint density at radius 2 is 2.00 bits per heavy atom. The average Bonchev–Trinajstić information content (AvgIpc) is 2.71. The molecule has 0 aliphatic carbocycles. The van der Waals surface area contributed by atoms with Gasteiger partial charge in [-0.3, -0.25) is 4.90 Å². The van der Waals surface area contributed by atoms with Gasteiger partial charge in [0.2, 0.25) is 0 Å². The third-order valence-electron chi connectivity index (χ3n) is 2.99. The van der Waals surface area contributed by atoms with E-state index in [4.69, 9.17) is 5.73 Å². The first kappa shape index (κ1) is 12.1. The van der Waals surface area contributed by atoms with Crippen molar-refractivity contribution < 1.29 is 0 Å². The molecule has 0 amide bonds. The molecule has 0 aromatic heterocycles. The van der Waals surface area contributed by atoms with Crippen molar-refractivity contribution in [3.05, 3.63) is 36.6 Å². The van der Waals surface area contributed by atoms with Crippen LogP contribution in [0.2, 0.25) is 0 Å². The summed E-state index contributed by atoms with van der Waals surface area (Å²) in [6.07, 6.45) is 7.83. The van der Waals surface area contributed by atoms with Crippen LogP contribution in [0.1, 0.15) is 26.2 Å². The van der Waals surface area contributed by atoms with Gasteiger partial charge in [-0.25, -0.2) is 0 Å². The Morgan fingerprint density at radius 1 is 1.40 bits per heavy atom. The second kappa shape index (κ2) is 5.76. The molecule has 1 aliphatic heterocycles. The van der Waals surface area contributed by atoms with Crippen molar-refractivity contribution in [3.63, 3.8) is 0 Å². The highest BCUT2D eigenvalue weighted by atomic mass is 15.2. The number of nitrogens with zero attached hydrogens (tertiary/aromatic N) is 1. The van der Waals surface area contributed by atoms with Gasteiger partial charge in [0.15, 0.2) is 0 Å². The maximum Gasteiger partial charge on any atom is 0.0396 e. The fourth-order valence-corrected chi connectivity index (χ4v) is 2.04. The van der Waals surface area contributed by atoms with E-state index in [2.05, 4.69) is 30.2 Å². The first-order valence-electron chi connectivity index (χ1n) is 5.65. The van der Waals surface area contributed by atoms with E-state index >= 15 is 0 Å². The summed E-state index contributed by atoms with van der Waals surface area (Å²) in [5.74, 6) is 0. The van der Waals surface area contributed by atoms with Gasteiger partial charge in [0.1, 0.15) is 0 Å². The van der Waals surface area contributed by atoms with Gasteiger partial charge in [0, 0.05) is 11.7 Å². The van der Waals surface area contributed by atoms with Crippen molar-refractivity contribution in [2.75, 3.05) is 13.1 Å². The van der Waals surface area contributed by atoms with Crippen molar-refractivity contribution in [1.82, 2.24) is 4.90 Å². The van der Waals surface area contributed by atoms with Crippen molar-refractivity contribution in [2.45, 2.75) is 32.2 Å². The zero-order valence-electron chi connectivity index (χ0n) is 9.71. The monoisotopic (exact) mass is 206 g/mol. The Labute approximate surface area is 93.1 Å². The van der Waals surface area contributed by atoms with Gasteiger partial charge in [-0.15, -0.1) is 0 Å². The number of hydrogen-bond donors (Lipinski definition) is 1. The summed E-state index contributed by atoms with van der Waals surface area (Å²) in [6.45, 7) is 12.2. The summed E-state index contributed by atoms with van der Waals surface area (Å²) in [5, 5.41) is 0. The minimum Gasteiger partial charge on any atom is -0.399 e. The number of allylic oxidation sites excluding steroid dienone is 1. The Morgan fingerprint density at radius 3 is 2.47 bits per heavy atom. The minimum atomic E-state index is 0.348. The Balaban J connectivity index is 2.67. The molecule has 0 spiro atoms. The zero-order valence-corrected chi connectivity index (χ0v) is 9.71. The van der Waals surface area contributed by atoms with Crippen LogP contribution in [0.15, 0.2) is 36.6 Å². The van der Waals surface area contributed by atoms with Crippen LogP contribution < -0.4 is 5.73 Å². The molecule has 1 rings (SSSR count). The van der Waals surface area contributed by atoms with Crippen molar-refractivity contribution in [2.24, 2.45) is 5.73 Å². The van der Waals surface area contributed by atoms with Crippen LogP contribution in [0.25, 0.3) is 0 Å². The minimum absolute atomic E-state index is 0.348. The molecule has 1 unspecified atom stereocenters. The van der Waals surface area contributed by atoms with E-state index in [-0.39, 0.29) is 0 Å². The van der Waals surface area contributed by atoms with E-state index in [1.54, 1.807) is 0 Å². The molecule has 1 heterocycles. The average molecular weight is 206 g/mol. The van der Waals surface area contributed by atoms with Crippen LogP contribution in [0.5, 0.6) is 0 Å². The van der Waals surface area contributed by atoms with Crippen LogP contribution in [0, 0.1) is 0 Å². The SMILES string of the molecule is C=C(N)C(=C)C(C/C=C/C)N1CCCC1. The summed E-state index contributed by atoms with van der Waals surface area (Å²) < 4.78 is 0. The first-order valence-corrected chi connectivity index (χ1v) is 5.65. The molecule has 1 fully saturated rings. The predicted molar refractivity (Wildman–Crippen MR) is 66.5 cm³/mol. The van der Waals surface area contributed by atoms with E-state index in [0.29, 0.717) is 11.7 Å². The molecule has 1 atom stereocenters. The molecule has 1 saturated heterocycles. The molecule has 2 N–H and O–H groups in total. The summed E-state index contributed by atoms with van der Waals surface area (Å²) in [5.41, 5.74) is 7.33. The first-order chi connectivity index (χ1) is 7.16. The zero-order chi connectivity index (χ0) is 11.3. The highest BCUT2D eigenvalue weighted by Crippen LogP contribution is 2.21. The molecule has 84 valence electrons. The normalized spacial score (nSPS) is 19.5. The fraction of sp³-hybridized carbons (Fsp3) is 0.538. The lowest BCUT2D eigenvalue weighted by Gasteiger charge is -2.28. The summed E-state index contributed by atoms with van der Waals surface area (Å²) in [7, 11) is 0. The number of hydrogen-bond acceptors (Lipinski definition) is 2. The van der Waals surface area contributed by atoms with E-state index in [1.807, 2.05) is 6.92 Å². The van der Waals surface area contributed by atoms with Gasteiger partial charge < -0.3 is 5.73 Å². The molecule has 0 radical (unpaired) electrons. The topological polar surface area (TPSA) is 29.3 Å². The maximum atomic E-state index is 5.73. The Hall–Kier alpha value is -1.02. The number of rotatable bonds is 5. The molecule has 0 bridgehead atoms. The van der Waals surface area contributed by atoms with E-state index in [0.717, 1.165) is 25.1 Å². The van der Waals surface area contributed by atoms with Crippen LogP contribution in [0.4, 0.5) is 0 Å². The van der Waals surface area contributed by atoms with Gasteiger partial charge >= 0.3 is 0 Å². The maximum absolute atomic E-state index is 5.73. The van der Waals surface area contributed by atoms with Crippen LogP contribution in [-0.4, -0.2) is 24.0 Å². The smallest absolute Gasteiger partial charge is 0.0396 e. The quantitative estimate of drug-likeness (QED) is 0.553. The van der Waals surface area contributed by atoms with Crippen molar-refractivity contribution >= 4 is 0 Å². The van der Waals surface area contributed by atoms with E-state index in [9.17, 15) is 0 Å². The van der Waals surface area contributed by atoms with Crippen molar-refractivity contribution in [3.8, 4) is 0 Å². The second-order valence-corrected chi connectivity index (χ2v) is 4.11. The highest BCUT2D eigenvalue weighted by molar-refractivity contribution is 5.28. The van der Waals surface area contributed by atoms with Gasteiger partial charge in [-0.2, -0.15) is 0 Å². The molecule has 2 nitrogen and oxygen atoms in total. The van der Waals surface area contributed by atoms with Gasteiger partial charge in [0.25, 0.3) is 0 Å². The standard InChI is InChI=1S/C13H22N2/c1-4-5-8-13(11(2)12(3)14)15-9-6-7-10-15/h4-5,13H,2-3,6-10,14H2,1H3/b5-4+. The van der Waals surface area contributed by atoms with E-state index < -0.39 is 0 Å². The third-order valence-corrected chi connectivity index (χ3v) is 2.99. The number of nitrogens with two attached hydrogens (primary N) is 1. The Kier molecular flexibility index (Phi) is 4.63. The lowest BCUT2D eigenvalue weighted by atomic mass is 10.0. The summed E-state index contributed by atoms with van der Waals surface area (Å²) >= 11 is 0. The molecular formula is C13H22N2. The largest absolute Gasteiger partial charge is 0.399 e. The fourth-order valence-electron chi connectivity index (χ4n) is 2.04. The lowest BCUT2D eigenvalue weighted by molar-refractivity contribution is 0.276.